The Balaban J connectivity index is 2.33. The van der Waals surface area contributed by atoms with Crippen LogP contribution in [0.15, 0.2) is 24.4 Å². The van der Waals surface area contributed by atoms with Crippen LogP contribution in [0, 0.1) is 5.38 Å². The molecule has 0 bridgehead atoms. The van der Waals surface area contributed by atoms with Crippen molar-refractivity contribution in [2.45, 2.75) is 0 Å². The van der Waals surface area contributed by atoms with E-state index in [0.29, 0.717) is 21.0 Å². The summed E-state index contributed by atoms with van der Waals surface area (Å²) in [5.41, 5.74) is 0. The molecule has 1 aromatic carbocycles. The number of halogens is 2. The lowest BCUT2D eigenvalue weighted by molar-refractivity contribution is 0.479. The first-order chi connectivity index (χ1) is 6.77. The molecule has 1 heterocycles. The standard InChI is InChI=1S/C9H4Cl2NOS/c10-6-2-1-3-7(11)8(6)13-9-12-4-5-14-9/h1-4H. The second-order valence-electron chi connectivity index (χ2n) is 2.40. The third-order valence-corrected chi connectivity index (χ3v) is 2.66. The fourth-order valence-corrected chi connectivity index (χ4v) is 1.81. The molecule has 0 amide bonds. The summed E-state index contributed by atoms with van der Waals surface area (Å²) in [4.78, 5) is 3.92. The van der Waals surface area contributed by atoms with E-state index in [1.54, 1.807) is 18.2 Å². The maximum Gasteiger partial charge on any atom is 0.279 e. The Morgan fingerprint density at radius 1 is 1.29 bits per heavy atom. The van der Waals surface area contributed by atoms with Crippen LogP contribution in [0.2, 0.25) is 10.0 Å². The van der Waals surface area contributed by atoms with Gasteiger partial charge in [-0.2, -0.15) is 0 Å². The molecule has 5 heteroatoms. The molecule has 71 valence electrons. The van der Waals surface area contributed by atoms with Gasteiger partial charge in [0.15, 0.2) is 5.75 Å². The van der Waals surface area contributed by atoms with Gasteiger partial charge in [-0.15, -0.1) is 0 Å². The first kappa shape index (κ1) is 9.77. The number of aromatic nitrogens is 1. The Morgan fingerprint density at radius 3 is 2.57 bits per heavy atom. The number of rotatable bonds is 2. The smallest absolute Gasteiger partial charge is 0.279 e. The lowest BCUT2D eigenvalue weighted by atomic mass is 10.3. The van der Waals surface area contributed by atoms with Crippen molar-refractivity contribution < 1.29 is 4.74 Å². The highest BCUT2D eigenvalue weighted by atomic mass is 35.5. The SMILES string of the molecule is Clc1cccc(Cl)c1Oc1nc[c]s1. The van der Waals surface area contributed by atoms with E-state index in [0.717, 1.165) is 0 Å². The van der Waals surface area contributed by atoms with Crippen LogP contribution in [0.4, 0.5) is 0 Å². The summed E-state index contributed by atoms with van der Waals surface area (Å²) in [6.07, 6.45) is 1.53. The van der Waals surface area contributed by atoms with Crippen molar-refractivity contribution in [2.24, 2.45) is 0 Å². The first-order valence-corrected chi connectivity index (χ1v) is 5.28. The number of hydrogen-bond donors (Lipinski definition) is 0. The number of ether oxygens (including phenoxy) is 1. The zero-order valence-electron chi connectivity index (χ0n) is 6.83. The van der Waals surface area contributed by atoms with Gasteiger partial charge in [0, 0.05) is 0 Å². The van der Waals surface area contributed by atoms with E-state index in [9.17, 15) is 0 Å². The highest BCUT2D eigenvalue weighted by molar-refractivity contribution is 7.10. The maximum atomic E-state index is 5.90. The molecule has 1 aromatic heterocycles. The molecule has 0 atom stereocenters. The number of nitrogens with zero attached hydrogens (tertiary/aromatic N) is 1. The lowest BCUT2D eigenvalue weighted by Crippen LogP contribution is -1.84. The van der Waals surface area contributed by atoms with Crippen molar-refractivity contribution in [3.8, 4) is 10.9 Å². The molecule has 0 aliphatic heterocycles. The Morgan fingerprint density at radius 2 is 2.00 bits per heavy atom. The molecule has 2 nitrogen and oxygen atoms in total. The van der Waals surface area contributed by atoms with E-state index in [4.69, 9.17) is 27.9 Å². The van der Waals surface area contributed by atoms with Crippen LogP contribution >= 0.6 is 34.5 Å². The molecule has 0 spiro atoms. The fourth-order valence-electron chi connectivity index (χ4n) is 0.897. The summed E-state index contributed by atoms with van der Waals surface area (Å²) in [6, 6.07) is 5.17. The Hall–Kier alpha value is -0.770. The number of para-hydroxylation sites is 1. The molecule has 2 rings (SSSR count). The number of benzene rings is 1. The van der Waals surface area contributed by atoms with Crippen LogP contribution in [0.1, 0.15) is 0 Å². The van der Waals surface area contributed by atoms with Gasteiger partial charge in [0.2, 0.25) is 0 Å². The van der Waals surface area contributed by atoms with E-state index < -0.39 is 0 Å². The maximum absolute atomic E-state index is 5.90. The van der Waals surface area contributed by atoms with Crippen molar-refractivity contribution in [3.05, 3.63) is 39.8 Å². The summed E-state index contributed by atoms with van der Waals surface area (Å²) in [5, 5.41) is 4.21. The van der Waals surface area contributed by atoms with Gasteiger partial charge in [-0.25, -0.2) is 4.98 Å². The molecular weight excluding hydrogens is 241 g/mol. The van der Waals surface area contributed by atoms with Crippen molar-refractivity contribution in [1.82, 2.24) is 4.98 Å². The molecule has 0 unspecified atom stereocenters. The third-order valence-electron chi connectivity index (χ3n) is 1.48. The van der Waals surface area contributed by atoms with Crippen LogP contribution in [0.5, 0.6) is 10.9 Å². The molecule has 14 heavy (non-hydrogen) atoms. The number of hydrogen-bond acceptors (Lipinski definition) is 3. The number of thiazole rings is 1. The van der Waals surface area contributed by atoms with Crippen molar-refractivity contribution in [1.29, 1.82) is 0 Å². The molecule has 0 aliphatic carbocycles. The monoisotopic (exact) mass is 244 g/mol. The second-order valence-corrected chi connectivity index (χ2v) is 4.00. The third kappa shape index (κ3) is 2.00. The average Bonchev–Trinajstić information content (AvgIpc) is 2.64. The fraction of sp³-hybridized carbons (Fsp3) is 0. The van der Waals surface area contributed by atoms with Crippen molar-refractivity contribution in [3.63, 3.8) is 0 Å². The van der Waals surface area contributed by atoms with Crippen molar-refractivity contribution >= 4 is 34.5 Å². The van der Waals surface area contributed by atoms with Crippen LogP contribution in [-0.4, -0.2) is 4.98 Å². The van der Waals surface area contributed by atoms with Crippen LogP contribution in [-0.2, 0) is 0 Å². The average molecular weight is 245 g/mol. The van der Waals surface area contributed by atoms with Gasteiger partial charge in [-0.3, -0.25) is 0 Å². The van der Waals surface area contributed by atoms with Crippen molar-refractivity contribution in [2.75, 3.05) is 0 Å². The molecule has 0 saturated heterocycles. The second kappa shape index (κ2) is 4.17. The predicted molar refractivity (Wildman–Crippen MR) is 57.5 cm³/mol. The van der Waals surface area contributed by atoms with Gasteiger partial charge >= 0.3 is 0 Å². The van der Waals surface area contributed by atoms with E-state index in [1.807, 2.05) is 0 Å². The first-order valence-electron chi connectivity index (χ1n) is 3.71. The molecule has 2 aromatic rings. The zero-order valence-corrected chi connectivity index (χ0v) is 9.16. The summed E-state index contributed by atoms with van der Waals surface area (Å²) < 4.78 is 5.39. The Labute approximate surface area is 95.1 Å². The summed E-state index contributed by atoms with van der Waals surface area (Å²) in [5.74, 6) is 0.430. The van der Waals surface area contributed by atoms with Gasteiger partial charge in [0.05, 0.1) is 21.6 Å². The molecule has 0 saturated carbocycles. The summed E-state index contributed by atoms with van der Waals surface area (Å²) in [6.45, 7) is 0. The molecule has 0 fully saturated rings. The van der Waals surface area contributed by atoms with Gasteiger partial charge < -0.3 is 4.74 Å². The topological polar surface area (TPSA) is 22.1 Å². The van der Waals surface area contributed by atoms with E-state index in [1.165, 1.54) is 17.5 Å². The minimum Gasteiger partial charge on any atom is -0.428 e. The van der Waals surface area contributed by atoms with Gasteiger partial charge in [-0.1, -0.05) is 40.6 Å². The molecule has 0 N–H and O–H groups in total. The minimum atomic E-state index is 0.430. The highest BCUT2D eigenvalue weighted by Crippen LogP contribution is 2.36. The largest absolute Gasteiger partial charge is 0.428 e. The molecular formula is C9H4Cl2NOS. The van der Waals surface area contributed by atoms with Crippen LogP contribution in [0.25, 0.3) is 0 Å². The lowest BCUT2D eigenvalue weighted by Gasteiger charge is -2.05. The van der Waals surface area contributed by atoms with Crippen LogP contribution in [0.3, 0.4) is 0 Å². The van der Waals surface area contributed by atoms with E-state index >= 15 is 0 Å². The van der Waals surface area contributed by atoms with Gasteiger partial charge in [0.1, 0.15) is 0 Å². The summed E-state index contributed by atoms with van der Waals surface area (Å²) >= 11 is 13.1. The van der Waals surface area contributed by atoms with Gasteiger partial charge in [-0.05, 0) is 12.1 Å². The minimum absolute atomic E-state index is 0.430. The van der Waals surface area contributed by atoms with E-state index in [2.05, 4.69) is 10.4 Å². The van der Waals surface area contributed by atoms with Crippen LogP contribution < -0.4 is 4.74 Å². The Kier molecular flexibility index (Phi) is 2.91. The van der Waals surface area contributed by atoms with E-state index in [-0.39, 0.29) is 0 Å². The normalized spacial score (nSPS) is 10.1. The quantitative estimate of drug-likeness (QED) is 0.796. The Bertz CT molecular complexity index is 410. The van der Waals surface area contributed by atoms with Gasteiger partial charge in [0.25, 0.3) is 5.19 Å². The molecule has 1 radical (unpaired) electrons. The highest BCUT2D eigenvalue weighted by Gasteiger charge is 2.08. The zero-order chi connectivity index (χ0) is 9.97. The summed E-state index contributed by atoms with van der Waals surface area (Å²) in [7, 11) is 0. The predicted octanol–water partition coefficient (Wildman–Crippen LogP) is 4.04. The molecule has 0 aliphatic rings.